The van der Waals surface area contributed by atoms with Gasteiger partial charge >= 0.3 is 5.97 Å². The molecule has 6 heterocycles. The Balaban J connectivity index is 1.22. The molecular formula is C28H27N8O5S3+. The van der Waals surface area contributed by atoms with E-state index in [1.165, 1.54) is 35.1 Å². The van der Waals surface area contributed by atoms with Gasteiger partial charge in [0.25, 0.3) is 0 Å². The number of amidine groups is 1. The lowest BCUT2D eigenvalue weighted by Crippen LogP contribution is -2.62. The van der Waals surface area contributed by atoms with Crippen molar-refractivity contribution in [3.63, 3.8) is 0 Å². The monoisotopic (exact) mass is 651 g/mol. The van der Waals surface area contributed by atoms with Gasteiger partial charge < -0.3 is 26.0 Å². The zero-order chi connectivity index (χ0) is 31.1. The van der Waals surface area contributed by atoms with Crippen LogP contribution in [-0.2, 0) is 32.3 Å². The quantitative estimate of drug-likeness (QED) is 0.0619. The number of nitrogens with two attached hydrogens (primary N) is 2. The molecule has 0 aromatic carbocycles. The van der Waals surface area contributed by atoms with Crippen molar-refractivity contribution in [2.75, 3.05) is 18.6 Å². The fraction of sp³-hybridized carbons (Fsp3) is 0.250. The van der Waals surface area contributed by atoms with Gasteiger partial charge in [-0.2, -0.15) is 4.57 Å². The Kier molecular flexibility index (Phi) is 7.96. The van der Waals surface area contributed by atoms with E-state index < -0.39 is 29.0 Å². The second-order valence-corrected chi connectivity index (χ2v) is 13.2. The van der Waals surface area contributed by atoms with Gasteiger partial charge in [0.1, 0.15) is 29.9 Å². The summed E-state index contributed by atoms with van der Waals surface area (Å²) in [5.74, 6) is -2.33. The zero-order valence-corrected chi connectivity index (χ0v) is 25.7. The molecule has 6 N–H and O–H groups in total. The maximum absolute atomic E-state index is 13.3. The van der Waals surface area contributed by atoms with E-state index in [4.69, 9.17) is 21.7 Å². The number of pyridine rings is 1. The van der Waals surface area contributed by atoms with Crippen LogP contribution in [-0.4, -0.2) is 67.0 Å². The van der Waals surface area contributed by atoms with Crippen molar-refractivity contribution in [1.82, 2.24) is 14.5 Å². The van der Waals surface area contributed by atoms with Crippen molar-refractivity contribution in [2.45, 2.75) is 24.9 Å². The van der Waals surface area contributed by atoms with Gasteiger partial charge in [-0.3, -0.25) is 19.9 Å². The number of carboxylic acids is 1. The van der Waals surface area contributed by atoms with Gasteiger partial charge in [-0.25, -0.2) is 9.78 Å². The molecule has 0 saturated carbocycles. The highest BCUT2D eigenvalue weighted by Crippen LogP contribution is 2.45. The molecule has 0 unspecified atom stereocenters. The normalized spacial score (nSPS) is 18.3. The van der Waals surface area contributed by atoms with Crippen molar-refractivity contribution in [1.29, 1.82) is 5.41 Å². The molecule has 0 radical (unpaired) electrons. The van der Waals surface area contributed by atoms with Crippen molar-refractivity contribution in [3.8, 4) is 0 Å². The SMILES string of the molecule is CO/N=C(\C(=O)C[C@@H]1C(=O)N2C(C(=O)O)=C(C[n+]3cccc4c3ccn4Cc3cc(C(=N)N)cs3)CS[C@H]12)c1csc(N)n1. The first-order valence-corrected chi connectivity index (χ1v) is 16.1. The van der Waals surface area contributed by atoms with Gasteiger partial charge in [-0.1, -0.05) is 5.16 Å². The number of thioether (sulfide) groups is 1. The standard InChI is InChI=1S/C28H26N8O5S3/c1-41-33-22(18-13-44-28(31)32-18)21(37)8-17-25(38)36-23(27(39)40)15(12-43-26(17)36)9-34-5-2-3-19-20(34)4-6-35(19)10-16-7-14(11-42-16)24(29)30/h2-7,11,13,17,26H,8-10,12H2,1H3,(H5-,29,30,31,32,39,40)/p+1/b33-22-/t17-,26-/m1/s1. The average molecular weight is 652 g/mol. The van der Waals surface area contributed by atoms with Gasteiger partial charge in [-0.15, -0.1) is 34.4 Å². The molecule has 226 valence electrons. The summed E-state index contributed by atoms with van der Waals surface area (Å²) in [6, 6.07) is 7.77. The van der Waals surface area contributed by atoms with Crippen LogP contribution in [0, 0.1) is 11.3 Å². The number of carboxylic acid groups (broad SMARTS) is 1. The predicted octanol–water partition coefficient (Wildman–Crippen LogP) is 2.24. The van der Waals surface area contributed by atoms with Crippen LogP contribution < -0.4 is 16.0 Å². The molecule has 4 aromatic rings. The van der Waals surface area contributed by atoms with E-state index in [0.29, 0.717) is 23.4 Å². The number of oxime groups is 1. The van der Waals surface area contributed by atoms with Crippen molar-refractivity contribution < 1.29 is 28.9 Å². The third-order valence-corrected chi connectivity index (χ3v) is 10.4. The number of carbonyl (C=O) groups excluding carboxylic acids is 2. The van der Waals surface area contributed by atoms with Crippen molar-refractivity contribution in [2.24, 2.45) is 16.8 Å². The van der Waals surface area contributed by atoms with Gasteiger partial charge in [0.05, 0.1) is 17.8 Å². The molecule has 2 aliphatic heterocycles. The van der Waals surface area contributed by atoms with Crippen molar-refractivity contribution in [3.05, 3.63) is 74.8 Å². The first-order chi connectivity index (χ1) is 21.2. The van der Waals surface area contributed by atoms with Crippen LogP contribution in [0.1, 0.15) is 22.6 Å². The van der Waals surface area contributed by atoms with Gasteiger partial charge in [0.2, 0.25) is 11.4 Å². The molecule has 44 heavy (non-hydrogen) atoms. The molecule has 0 bridgehead atoms. The number of carbonyl (C=O) groups is 3. The second-order valence-electron chi connectivity index (χ2n) is 10.2. The number of ketones is 1. The highest BCUT2D eigenvalue weighted by Gasteiger charge is 2.54. The minimum absolute atomic E-state index is 0.0299. The minimum atomic E-state index is -1.19. The number of thiophene rings is 1. The molecule has 16 heteroatoms. The van der Waals surface area contributed by atoms with Gasteiger partial charge in [-0.05, 0) is 12.1 Å². The topological polar surface area (TPSA) is 194 Å². The molecule has 6 rings (SSSR count). The van der Waals surface area contributed by atoms with Crippen LogP contribution in [0.2, 0.25) is 0 Å². The van der Waals surface area contributed by atoms with Gasteiger partial charge in [0, 0.05) is 57.3 Å². The molecule has 1 saturated heterocycles. The highest BCUT2D eigenvalue weighted by atomic mass is 32.2. The maximum atomic E-state index is 13.3. The number of hydrogen-bond acceptors (Lipinski definition) is 11. The second kappa shape index (κ2) is 11.9. The number of Topliss-reactive ketones (excluding diaryl/α,β-unsaturated/α-hetero) is 1. The molecular weight excluding hydrogens is 625 g/mol. The summed E-state index contributed by atoms with van der Waals surface area (Å²) in [6.07, 6.45) is 3.69. The van der Waals surface area contributed by atoms with E-state index in [-0.39, 0.29) is 41.0 Å². The van der Waals surface area contributed by atoms with Crippen LogP contribution in [0.15, 0.2) is 63.8 Å². The van der Waals surface area contributed by atoms with Gasteiger partial charge in [0.15, 0.2) is 29.4 Å². The Morgan fingerprint density at radius 1 is 1.30 bits per heavy atom. The number of amides is 1. The number of hydrogen-bond donors (Lipinski definition) is 4. The number of nitrogens with one attached hydrogen (secondary N) is 1. The summed E-state index contributed by atoms with van der Waals surface area (Å²) in [4.78, 5) is 50.3. The molecule has 4 aromatic heterocycles. The van der Waals surface area contributed by atoms with Crippen LogP contribution in [0.5, 0.6) is 0 Å². The Morgan fingerprint density at radius 2 is 2.11 bits per heavy atom. The Morgan fingerprint density at radius 3 is 2.80 bits per heavy atom. The van der Waals surface area contributed by atoms with Crippen LogP contribution in [0.25, 0.3) is 11.0 Å². The number of fused-ring (bicyclic) bond motifs is 2. The number of nitrogens with zero attached hydrogens (tertiary/aromatic N) is 5. The molecule has 1 amide bonds. The first-order valence-electron chi connectivity index (χ1n) is 13.3. The van der Waals surface area contributed by atoms with Crippen LogP contribution in [0.4, 0.5) is 5.13 Å². The van der Waals surface area contributed by atoms with E-state index in [0.717, 1.165) is 27.2 Å². The third kappa shape index (κ3) is 5.35. The number of anilines is 1. The van der Waals surface area contributed by atoms with Crippen LogP contribution in [0.3, 0.4) is 0 Å². The molecule has 0 aliphatic carbocycles. The Labute approximate surface area is 262 Å². The first kappa shape index (κ1) is 29.5. The third-order valence-electron chi connectivity index (χ3n) is 7.44. The molecule has 13 nitrogen and oxygen atoms in total. The molecule has 2 aliphatic rings. The largest absolute Gasteiger partial charge is 0.477 e. The van der Waals surface area contributed by atoms with Crippen molar-refractivity contribution >= 4 is 79.8 Å². The highest BCUT2D eigenvalue weighted by molar-refractivity contribution is 8.00. The summed E-state index contributed by atoms with van der Waals surface area (Å²) in [7, 11) is 1.31. The molecule has 1 fully saturated rings. The molecule has 0 spiro atoms. The maximum Gasteiger partial charge on any atom is 0.352 e. The number of aromatic nitrogens is 3. The minimum Gasteiger partial charge on any atom is -0.477 e. The lowest BCUT2D eigenvalue weighted by Gasteiger charge is -2.49. The summed E-state index contributed by atoms with van der Waals surface area (Å²) < 4.78 is 4.06. The van der Waals surface area contributed by atoms with E-state index in [1.807, 2.05) is 46.6 Å². The predicted molar refractivity (Wildman–Crippen MR) is 168 cm³/mol. The number of aliphatic carboxylic acids is 1. The number of nitrogen functional groups attached to an aromatic ring is 2. The van der Waals surface area contributed by atoms with Crippen LogP contribution >= 0.6 is 34.4 Å². The summed E-state index contributed by atoms with van der Waals surface area (Å²) >= 11 is 4.13. The number of thiazole rings is 1. The lowest BCUT2D eigenvalue weighted by molar-refractivity contribution is -0.663. The lowest BCUT2D eigenvalue weighted by atomic mass is 9.89. The van der Waals surface area contributed by atoms with E-state index in [1.54, 1.807) is 5.38 Å². The average Bonchev–Trinajstić information content (AvgIpc) is 3.75. The van der Waals surface area contributed by atoms with E-state index in [9.17, 15) is 19.5 Å². The fourth-order valence-corrected chi connectivity index (χ4v) is 8.27. The zero-order valence-electron chi connectivity index (χ0n) is 23.3. The summed E-state index contributed by atoms with van der Waals surface area (Å²) in [5, 5.41) is 24.9. The summed E-state index contributed by atoms with van der Waals surface area (Å²) in [5.41, 5.74) is 14.7. The number of β-lactam (4-membered cyclic amide) rings is 1. The van der Waals surface area contributed by atoms with E-state index >= 15 is 0 Å². The van der Waals surface area contributed by atoms with E-state index in [2.05, 4.69) is 14.7 Å². The Bertz CT molecular complexity index is 1890. The number of rotatable bonds is 11. The smallest absolute Gasteiger partial charge is 0.352 e. The molecule has 2 atom stereocenters. The summed E-state index contributed by atoms with van der Waals surface area (Å²) in [6.45, 7) is 0.876. The fourth-order valence-electron chi connectivity index (χ4n) is 5.43. The Hall–Kier alpha value is -4.54.